The smallest absolute Gasteiger partial charge is 0.330 e. The quantitative estimate of drug-likeness (QED) is 0.761. The maximum Gasteiger partial charge on any atom is 0.406 e. The van der Waals surface area contributed by atoms with Gasteiger partial charge in [0.15, 0.2) is 0 Å². The van der Waals surface area contributed by atoms with E-state index in [1.165, 1.54) is 19.1 Å². The van der Waals surface area contributed by atoms with Gasteiger partial charge in [-0.2, -0.15) is 13.2 Å². The summed E-state index contributed by atoms with van der Waals surface area (Å²) in [5.74, 6) is -0.596. The molecule has 17 heavy (non-hydrogen) atoms. The number of amides is 1. The Labute approximate surface area is 111 Å². The third-order valence-electron chi connectivity index (χ3n) is 2.13. The second-order valence-electron chi connectivity index (χ2n) is 3.44. The first-order valence-corrected chi connectivity index (χ1v) is 6.03. The van der Waals surface area contributed by atoms with Crippen LogP contribution in [0.4, 0.5) is 13.2 Å². The van der Waals surface area contributed by atoms with Gasteiger partial charge in [0.05, 0.1) is 0 Å². The summed E-state index contributed by atoms with van der Waals surface area (Å²) in [5, 5.41) is 0. The Morgan fingerprint density at radius 1 is 1.29 bits per heavy atom. The molecule has 0 heterocycles. The van der Waals surface area contributed by atoms with E-state index < -0.39 is 18.6 Å². The Balaban J connectivity index is 2.83. The van der Waals surface area contributed by atoms with E-state index in [0.717, 1.165) is 8.47 Å². The SMILES string of the molecule is CCN(CC(F)(F)F)C(=O)c1ccc(I)cc1. The molecular formula is C11H11F3INO. The molecule has 1 aromatic carbocycles. The second kappa shape index (κ2) is 5.70. The molecule has 0 radical (unpaired) electrons. The summed E-state index contributed by atoms with van der Waals surface area (Å²) in [5.41, 5.74) is 0.275. The van der Waals surface area contributed by atoms with Crippen LogP contribution >= 0.6 is 22.6 Å². The molecule has 1 amide bonds. The van der Waals surface area contributed by atoms with Gasteiger partial charge in [0, 0.05) is 15.7 Å². The van der Waals surface area contributed by atoms with Crippen molar-refractivity contribution in [1.82, 2.24) is 4.90 Å². The molecule has 0 aliphatic carbocycles. The van der Waals surface area contributed by atoms with Crippen LogP contribution in [0.2, 0.25) is 0 Å². The van der Waals surface area contributed by atoms with Crippen LogP contribution in [-0.4, -0.2) is 30.1 Å². The fraction of sp³-hybridized carbons (Fsp3) is 0.364. The predicted molar refractivity (Wildman–Crippen MR) is 66.8 cm³/mol. The summed E-state index contributed by atoms with van der Waals surface area (Å²) in [6.07, 6.45) is -4.37. The van der Waals surface area contributed by atoms with Crippen LogP contribution in [0.25, 0.3) is 0 Å². The summed E-state index contributed by atoms with van der Waals surface area (Å²) in [6, 6.07) is 6.44. The summed E-state index contributed by atoms with van der Waals surface area (Å²) in [7, 11) is 0. The second-order valence-corrected chi connectivity index (χ2v) is 4.69. The minimum Gasteiger partial charge on any atom is -0.330 e. The molecule has 0 unspecified atom stereocenters. The number of halogens is 4. The normalized spacial score (nSPS) is 11.4. The Morgan fingerprint density at radius 3 is 2.24 bits per heavy atom. The van der Waals surface area contributed by atoms with Gasteiger partial charge < -0.3 is 4.90 Å². The van der Waals surface area contributed by atoms with E-state index in [-0.39, 0.29) is 12.1 Å². The van der Waals surface area contributed by atoms with Gasteiger partial charge in [0.1, 0.15) is 6.54 Å². The standard InChI is InChI=1S/C11H11F3INO/c1-2-16(7-11(12,13)14)10(17)8-3-5-9(15)6-4-8/h3-6H,2,7H2,1H3. The lowest BCUT2D eigenvalue weighted by Crippen LogP contribution is -2.38. The molecule has 0 aromatic heterocycles. The number of alkyl halides is 3. The number of carbonyl (C=O) groups excluding carboxylic acids is 1. The van der Waals surface area contributed by atoms with Crippen molar-refractivity contribution in [2.75, 3.05) is 13.1 Å². The van der Waals surface area contributed by atoms with E-state index in [9.17, 15) is 18.0 Å². The minimum absolute atomic E-state index is 0.0321. The Bertz CT molecular complexity index is 389. The monoisotopic (exact) mass is 357 g/mol. The number of nitrogens with zero attached hydrogens (tertiary/aromatic N) is 1. The van der Waals surface area contributed by atoms with E-state index in [0.29, 0.717) is 0 Å². The van der Waals surface area contributed by atoms with Crippen molar-refractivity contribution in [2.45, 2.75) is 13.1 Å². The Kier molecular flexibility index (Phi) is 4.79. The third kappa shape index (κ3) is 4.53. The highest BCUT2D eigenvalue weighted by atomic mass is 127. The number of hydrogen-bond donors (Lipinski definition) is 0. The largest absolute Gasteiger partial charge is 0.406 e. The number of benzene rings is 1. The van der Waals surface area contributed by atoms with Gasteiger partial charge in [-0.3, -0.25) is 4.79 Å². The van der Waals surface area contributed by atoms with Crippen LogP contribution in [0.15, 0.2) is 24.3 Å². The van der Waals surface area contributed by atoms with E-state index in [1.54, 1.807) is 12.1 Å². The summed E-state index contributed by atoms with van der Waals surface area (Å²) in [4.78, 5) is 12.6. The summed E-state index contributed by atoms with van der Waals surface area (Å²) >= 11 is 2.06. The van der Waals surface area contributed by atoms with Crippen molar-refractivity contribution < 1.29 is 18.0 Å². The Morgan fingerprint density at radius 2 is 1.82 bits per heavy atom. The minimum atomic E-state index is -4.37. The van der Waals surface area contributed by atoms with E-state index in [2.05, 4.69) is 22.6 Å². The molecule has 1 rings (SSSR count). The highest BCUT2D eigenvalue weighted by molar-refractivity contribution is 14.1. The zero-order valence-electron chi connectivity index (χ0n) is 9.09. The molecule has 94 valence electrons. The van der Waals surface area contributed by atoms with Gasteiger partial charge in [-0.25, -0.2) is 0 Å². The first-order valence-electron chi connectivity index (χ1n) is 4.95. The average molecular weight is 357 g/mol. The van der Waals surface area contributed by atoms with Crippen molar-refractivity contribution in [3.63, 3.8) is 0 Å². The van der Waals surface area contributed by atoms with Crippen LogP contribution < -0.4 is 0 Å². The Hall–Kier alpha value is -0.790. The molecular weight excluding hydrogens is 346 g/mol. The lowest BCUT2D eigenvalue weighted by molar-refractivity contribution is -0.140. The molecule has 0 aliphatic rings. The molecule has 0 spiro atoms. The first kappa shape index (κ1) is 14.3. The van der Waals surface area contributed by atoms with Crippen LogP contribution in [-0.2, 0) is 0 Å². The molecule has 1 aromatic rings. The fourth-order valence-corrected chi connectivity index (χ4v) is 1.68. The molecule has 0 saturated heterocycles. The molecule has 6 heteroatoms. The van der Waals surface area contributed by atoms with E-state index in [1.807, 2.05) is 0 Å². The van der Waals surface area contributed by atoms with E-state index >= 15 is 0 Å². The molecule has 0 N–H and O–H groups in total. The average Bonchev–Trinajstić information content (AvgIpc) is 2.25. The molecule has 0 fully saturated rings. The zero-order chi connectivity index (χ0) is 13.1. The molecule has 0 atom stereocenters. The lowest BCUT2D eigenvalue weighted by Gasteiger charge is -2.22. The van der Waals surface area contributed by atoms with Gasteiger partial charge in [-0.05, 0) is 53.8 Å². The maximum atomic E-state index is 12.2. The van der Waals surface area contributed by atoms with Gasteiger partial charge in [-0.15, -0.1) is 0 Å². The molecule has 0 bridgehead atoms. The molecule has 0 saturated carbocycles. The first-order chi connectivity index (χ1) is 7.83. The summed E-state index contributed by atoms with van der Waals surface area (Å²) < 4.78 is 37.6. The third-order valence-corrected chi connectivity index (χ3v) is 2.85. The number of hydrogen-bond acceptors (Lipinski definition) is 1. The summed E-state index contributed by atoms with van der Waals surface area (Å²) in [6.45, 7) is 0.342. The van der Waals surface area contributed by atoms with Gasteiger partial charge in [-0.1, -0.05) is 0 Å². The van der Waals surface area contributed by atoms with Crippen LogP contribution in [0.1, 0.15) is 17.3 Å². The van der Waals surface area contributed by atoms with Crippen LogP contribution in [0.5, 0.6) is 0 Å². The molecule has 0 aliphatic heterocycles. The lowest BCUT2D eigenvalue weighted by atomic mass is 10.2. The fourth-order valence-electron chi connectivity index (χ4n) is 1.32. The van der Waals surface area contributed by atoms with Crippen molar-refractivity contribution >= 4 is 28.5 Å². The van der Waals surface area contributed by atoms with Gasteiger partial charge in [0.25, 0.3) is 5.91 Å². The topological polar surface area (TPSA) is 20.3 Å². The van der Waals surface area contributed by atoms with Crippen molar-refractivity contribution in [3.8, 4) is 0 Å². The van der Waals surface area contributed by atoms with E-state index in [4.69, 9.17) is 0 Å². The van der Waals surface area contributed by atoms with Crippen molar-refractivity contribution in [3.05, 3.63) is 33.4 Å². The van der Waals surface area contributed by atoms with Crippen molar-refractivity contribution in [2.24, 2.45) is 0 Å². The van der Waals surface area contributed by atoms with Crippen molar-refractivity contribution in [1.29, 1.82) is 0 Å². The van der Waals surface area contributed by atoms with Gasteiger partial charge in [0.2, 0.25) is 0 Å². The van der Waals surface area contributed by atoms with Gasteiger partial charge >= 0.3 is 6.18 Å². The number of rotatable bonds is 3. The molecule has 2 nitrogen and oxygen atoms in total. The maximum absolute atomic E-state index is 12.2. The van der Waals surface area contributed by atoms with Crippen LogP contribution in [0.3, 0.4) is 0 Å². The highest BCUT2D eigenvalue weighted by Gasteiger charge is 2.32. The zero-order valence-corrected chi connectivity index (χ0v) is 11.2. The number of carbonyl (C=O) groups is 1. The van der Waals surface area contributed by atoms with Crippen LogP contribution in [0, 0.1) is 3.57 Å². The predicted octanol–water partition coefficient (Wildman–Crippen LogP) is 3.32. The highest BCUT2D eigenvalue weighted by Crippen LogP contribution is 2.18.